The molecule has 0 bridgehead atoms. The Hall–Kier alpha value is -1.03. The van der Waals surface area contributed by atoms with Gasteiger partial charge in [-0.15, -0.1) is 0 Å². The lowest BCUT2D eigenvalue weighted by Gasteiger charge is -2.33. The molecule has 4 heteroatoms. The van der Waals surface area contributed by atoms with Gasteiger partial charge in [-0.1, -0.05) is 30.3 Å². The standard InChI is InChI=1S/C12H14F3N/c13-12(14,15)11-8-16-7-6-10(11)9-4-2-1-3-5-9/h1-5,10-11,16H,6-8H2/t10-,11-/m1/s1. The lowest BCUT2D eigenvalue weighted by molar-refractivity contribution is -0.183. The van der Waals surface area contributed by atoms with Crippen molar-refractivity contribution in [3.8, 4) is 0 Å². The molecule has 1 nitrogen and oxygen atoms in total. The Kier molecular flexibility index (Phi) is 3.19. The quantitative estimate of drug-likeness (QED) is 0.780. The molecule has 0 unspecified atom stereocenters. The van der Waals surface area contributed by atoms with E-state index in [9.17, 15) is 13.2 Å². The number of rotatable bonds is 1. The van der Waals surface area contributed by atoms with Gasteiger partial charge in [0.15, 0.2) is 0 Å². The van der Waals surface area contributed by atoms with Crippen molar-refractivity contribution in [1.29, 1.82) is 0 Å². The lowest BCUT2D eigenvalue weighted by Crippen LogP contribution is -2.43. The highest BCUT2D eigenvalue weighted by molar-refractivity contribution is 5.21. The summed E-state index contributed by atoms with van der Waals surface area (Å²) in [6, 6.07) is 8.99. The summed E-state index contributed by atoms with van der Waals surface area (Å²) in [4.78, 5) is 0. The normalized spacial score (nSPS) is 26.7. The second-order valence-corrected chi connectivity index (χ2v) is 4.16. The molecule has 1 aromatic carbocycles. The van der Waals surface area contributed by atoms with Gasteiger partial charge in [0.05, 0.1) is 5.92 Å². The fourth-order valence-electron chi connectivity index (χ4n) is 2.30. The van der Waals surface area contributed by atoms with Crippen LogP contribution in [0.3, 0.4) is 0 Å². The number of piperidine rings is 1. The van der Waals surface area contributed by atoms with Gasteiger partial charge >= 0.3 is 6.18 Å². The van der Waals surface area contributed by atoms with E-state index < -0.39 is 18.0 Å². The van der Waals surface area contributed by atoms with E-state index in [0.29, 0.717) is 13.0 Å². The van der Waals surface area contributed by atoms with Crippen LogP contribution >= 0.6 is 0 Å². The maximum absolute atomic E-state index is 12.8. The Morgan fingerprint density at radius 1 is 1.12 bits per heavy atom. The monoisotopic (exact) mass is 229 g/mol. The fourth-order valence-corrected chi connectivity index (χ4v) is 2.30. The van der Waals surface area contributed by atoms with Gasteiger partial charge < -0.3 is 5.32 Å². The number of alkyl halides is 3. The minimum atomic E-state index is -4.12. The summed E-state index contributed by atoms with van der Waals surface area (Å²) in [6.45, 7) is 0.690. The molecule has 2 atom stereocenters. The minimum absolute atomic E-state index is 0.0308. The van der Waals surface area contributed by atoms with Crippen LogP contribution in [0.2, 0.25) is 0 Å². The van der Waals surface area contributed by atoms with E-state index in [0.717, 1.165) is 5.56 Å². The summed E-state index contributed by atoms with van der Waals surface area (Å²) >= 11 is 0. The summed E-state index contributed by atoms with van der Waals surface area (Å²) in [5.41, 5.74) is 0.798. The molecule has 0 aliphatic carbocycles. The predicted molar refractivity (Wildman–Crippen MR) is 56.2 cm³/mol. The molecule has 1 heterocycles. The van der Waals surface area contributed by atoms with Crippen LogP contribution in [0.25, 0.3) is 0 Å². The van der Waals surface area contributed by atoms with Crippen LogP contribution in [0.5, 0.6) is 0 Å². The number of hydrogen-bond acceptors (Lipinski definition) is 1. The van der Waals surface area contributed by atoms with Crippen molar-refractivity contribution in [2.75, 3.05) is 13.1 Å². The zero-order valence-electron chi connectivity index (χ0n) is 8.80. The molecule has 1 aliphatic rings. The molecule has 1 saturated heterocycles. The highest BCUT2D eigenvalue weighted by atomic mass is 19.4. The van der Waals surface area contributed by atoms with Gasteiger partial charge in [0.25, 0.3) is 0 Å². The number of benzene rings is 1. The minimum Gasteiger partial charge on any atom is -0.316 e. The fraction of sp³-hybridized carbons (Fsp3) is 0.500. The SMILES string of the molecule is FC(F)(F)[C@@H]1CNCC[C@@H]1c1ccccc1. The molecule has 0 aromatic heterocycles. The van der Waals surface area contributed by atoms with Gasteiger partial charge in [0.2, 0.25) is 0 Å². The molecule has 0 amide bonds. The molecule has 0 saturated carbocycles. The third-order valence-electron chi connectivity index (χ3n) is 3.13. The Morgan fingerprint density at radius 2 is 1.81 bits per heavy atom. The molecule has 0 radical (unpaired) electrons. The van der Waals surface area contributed by atoms with E-state index in [2.05, 4.69) is 5.32 Å². The van der Waals surface area contributed by atoms with Crippen molar-refractivity contribution in [3.05, 3.63) is 35.9 Å². The van der Waals surface area contributed by atoms with E-state index in [1.165, 1.54) is 0 Å². The van der Waals surface area contributed by atoms with Crippen molar-refractivity contribution in [3.63, 3.8) is 0 Å². The van der Waals surface area contributed by atoms with E-state index >= 15 is 0 Å². The van der Waals surface area contributed by atoms with Crippen molar-refractivity contribution in [1.82, 2.24) is 5.32 Å². The average molecular weight is 229 g/mol. The number of halogens is 3. The van der Waals surface area contributed by atoms with Crippen molar-refractivity contribution in [2.24, 2.45) is 5.92 Å². The average Bonchev–Trinajstić information content (AvgIpc) is 2.29. The topological polar surface area (TPSA) is 12.0 Å². The van der Waals surface area contributed by atoms with Gasteiger partial charge in [-0.25, -0.2) is 0 Å². The van der Waals surface area contributed by atoms with Crippen LogP contribution in [0.4, 0.5) is 13.2 Å². The Labute approximate surface area is 92.7 Å². The third-order valence-corrected chi connectivity index (χ3v) is 3.13. The largest absolute Gasteiger partial charge is 0.393 e. The first-order valence-corrected chi connectivity index (χ1v) is 5.41. The lowest BCUT2D eigenvalue weighted by atomic mass is 9.81. The Bertz CT molecular complexity index is 334. The zero-order valence-corrected chi connectivity index (χ0v) is 8.80. The third kappa shape index (κ3) is 2.38. The Balaban J connectivity index is 2.24. The predicted octanol–water partition coefficient (Wildman–Crippen LogP) is 2.94. The maximum atomic E-state index is 12.8. The molecule has 1 aliphatic heterocycles. The summed E-state index contributed by atoms with van der Waals surface area (Å²) in [5.74, 6) is -1.66. The molecule has 1 aromatic rings. The van der Waals surface area contributed by atoms with E-state index in [1.54, 1.807) is 24.3 Å². The van der Waals surface area contributed by atoms with E-state index in [-0.39, 0.29) is 6.54 Å². The first-order valence-electron chi connectivity index (χ1n) is 5.41. The van der Waals surface area contributed by atoms with E-state index in [4.69, 9.17) is 0 Å². The molecule has 88 valence electrons. The van der Waals surface area contributed by atoms with Crippen molar-refractivity contribution < 1.29 is 13.2 Å². The van der Waals surface area contributed by atoms with Gasteiger partial charge in [0, 0.05) is 6.54 Å². The van der Waals surface area contributed by atoms with Gasteiger partial charge in [0.1, 0.15) is 0 Å². The van der Waals surface area contributed by atoms with Crippen LogP contribution in [0, 0.1) is 5.92 Å². The molecular formula is C12H14F3N. The van der Waals surface area contributed by atoms with Crippen LogP contribution in [0.1, 0.15) is 17.9 Å². The number of nitrogens with one attached hydrogen (secondary N) is 1. The molecule has 16 heavy (non-hydrogen) atoms. The molecule has 1 N–H and O–H groups in total. The van der Waals surface area contributed by atoms with Crippen LogP contribution < -0.4 is 5.32 Å². The Morgan fingerprint density at radius 3 is 2.44 bits per heavy atom. The molecular weight excluding hydrogens is 215 g/mol. The summed E-state index contributed by atoms with van der Waals surface area (Å²) in [6.07, 6.45) is -3.57. The summed E-state index contributed by atoms with van der Waals surface area (Å²) < 4.78 is 38.5. The van der Waals surface area contributed by atoms with Crippen LogP contribution in [-0.2, 0) is 0 Å². The second-order valence-electron chi connectivity index (χ2n) is 4.16. The van der Waals surface area contributed by atoms with Crippen LogP contribution in [0.15, 0.2) is 30.3 Å². The first-order chi connectivity index (χ1) is 7.59. The van der Waals surface area contributed by atoms with Gasteiger partial charge in [-0.3, -0.25) is 0 Å². The first kappa shape index (κ1) is 11.5. The van der Waals surface area contributed by atoms with E-state index in [1.807, 2.05) is 6.07 Å². The second kappa shape index (κ2) is 4.45. The molecule has 2 rings (SSSR count). The highest BCUT2D eigenvalue weighted by Gasteiger charge is 2.45. The zero-order chi connectivity index (χ0) is 11.6. The smallest absolute Gasteiger partial charge is 0.316 e. The van der Waals surface area contributed by atoms with Crippen molar-refractivity contribution >= 4 is 0 Å². The van der Waals surface area contributed by atoms with Gasteiger partial charge in [-0.05, 0) is 24.4 Å². The maximum Gasteiger partial charge on any atom is 0.393 e. The van der Waals surface area contributed by atoms with Crippen molar-refractivity contribution in [2.45, 2.75) is 18.5 Å². The molecule has 1 fully saturated rings. The van der Waals surface area contributed by atoms with Crippen LogP contribution in [-0.4, -0.2) is 19.3 Å². The van der Waals surface area contributed by atoms with Gasteiger partial charge in [-0.2, -0.15) is 13.2 Å². The summed E-state index contributed by atoms with van der Waals surface area (Å²) in [7, 11) is 0. The number of hydrogen-bond donors (Lipinski definition) is 1. The highest BCUT2D eigenvalue weighted by Crippen LogP contribution is 2.40. The molecule has 0 spiro atoms. The summed E-state index contributed by atoms with van der Waals surface area (Å²) in [5, 5.41) is 2.82.